The predicted octanol–water partition coefficient (Wildman–Crippen LogP) is 2.60. The van der Waals surface area contributed by atoms with Crippen molar-refractivity contribution in [3.05, 3.63) is 0 Å². The summed E-state index contributed by atoms with van der Waals surface area (Å²) in [6.07, 6.45) is 4.72. The average molecular weight is 142 g/mol. The van der Waals surface area contributed by atoms with Gasteiger partial charge in [-0.15, -0.1) is 0 Å². The SMILES string of the molecule is CC[C@@H]1CC(C)C[C@H](C)O1. The van der Waals surface area contributed by atoms with Crippen LogP contribution in [0.15, 0.2) is 0 Å². The summed E-state index contributed by atoms with van der Waals surface area (Å²) in [4.78, 5) is 0. The fourth-order valence-corrected chi connectivity index (χ4v) is 1.81. The molecule has 0 N–H and O–H groups in total. The van der Waals surface area contributed by atoms with Crippen molar-refractivity contribution in [1.82, 2.24) is 0 Å². The Morgan fingerprint density at radius 1 is 1.30 bits per heavy atom. The van der Waals surface area contributed by atoms with Crippen LogP contribution in [0.1, 0.15) is 40.0 Å². The molecule has 1 unspecified atom stereocenters. The van der Waals surface area contributed by atoms with E-state index in [1.54, 1.807) is 0 Å². The lowest BCUT2D eigenvalue weighted by molar-refractivity contribution is -0.0594. The molecule has 1 heteroatoms. The Morgan fingerprint density at radius 2 is 2.00 bits per heavy atom. The molecule has 1 saturated heterocycles. The Hall–Kier alpha value is -0.0400. The Morgan fingerprint density at radius 3 is 2.50 bits per heavy atom. The first-order valence-electron chi connectivity index (χ1n) is 4.37. The number of hydrogen-bond donors (Lipinski definition) is 0. The van der Waals surface area contributed by atoms with E-state index in [9.17, 15) is 0 Å². The highest BCUT2D eigenvalue weighted by Gasteiger charge is 2.22. The second-order valence-corrected chi connectivity index (χ2v) is 3.55. The van der Waals surface area contributed by atoms with E-state index >= 15 is 0 Å². The minimum absolute atomic E-state index is 0.494. The molecule has 1 heterocycles. The monoisotopic (exact) mass is 142 g/mol. The van der Waals surface area contributed by atoms with E-state index in [2.05, 4.69) is 20.8 Å². The van der Waals surface area contributed by atoms with Crippen LogP contribution in [-0.2, 0) is 4.74 Å². The van der Waals surface area contributed by atoms with Crippen LogP contribution in [0.2, 0.25) is 0 Å². The second-order valence-electron chi connectivity index (χ2n) is 3.55. The molecule has 0 spiro atoms. The van der Waals surface area contributed by atoms with Gasteiger partial charge >= 0.3 is 0 Å². The summed E-state index contributed by atoms with van der Waals surface area (Å²) >= 11 is 0. The van der Waals surface area contributed by atoms with Gasteiger partial charge in [-0.1, -0.05) is 13.8 Å². The zero-order chi connectivity index (χ0) is 7.56. The van der Waals surface area contributed by atoms with Gasteiger partial charge in [0.1, 0.15) is 0 Å². The van der Waals surface area contributed by atoms with Crippen molar-refractivity contribution in [1.29, 1.82) is 0 Å². The van der Waals surface area contributed by atoms with E-state index in [1.807, 2.05) is 0 Å². The van der Waals surface area contributed by atoms with E-state index in [0.29, 0.717) is 12.2 Å². The quantitative estimate of drug-likeness (QED) is 0.547. The van der Waals surface area contributed by atoms with Crippen molar-refractivity contribution in [2.24, 2.45) is 5.92 Å². The summed E-state index contributed by atoms with van der Waals surface area (Å²) in [6, 6.07) is 0. The highest BCUT2D eigenvalue weighted by Crippen LogP contribution is 2.25. The van der Waals surface area contributed by atoms with Crippen LogP contribution in [0.4, 0.5) is 0 Å². The third-order valence-electron chi connectivity index (χ3n) is 2.28. The van der Waals surface area contributed by atoms with Gasteiger partial charge in [0.25, 0.3) is 0 Å². The summed E-state index contributed by atoms with van der Waals surface area (Å²) in [7, 11) is 0. The van der Waals surface area contributed by atoms with Crippen LogP contribution in [0.25, 0.3) is 0 Å². The fourth-order valence-electron chi connectivity index (χ4n) is 1.81. The van der Waals surface area contributed by atoms with Gasteiger partial charge in [0, 0.05) is 0 Å². The van der Waals surface area contributed by atoms with Crippen molar-refractivity contribution in [2.75, 3.05) is 0 Å². The Bertz CT molecular complexity index is 90.9. The Balaban J connectivity index is 2.35. The van der Waals surface area contributed by atoms with E-state index < -0.39 is 0 Å². The molecule has 10 heavy (non-hydrogen) atoms. The van der Waals surface area contributed by atoms with E-state index in [0.717, 1.165) is 5.92 Å². The normalized spacial score (nSPS) is 41.7. The van der Waals surface area contributed by atoms with Gasteiger partial charge in [-0.05, 0) is 32.1 Å². The standard InChI is InChI=1S/C9H18O/c1-4-9-6-7(2)5-8(3)10-9/h7-9H,4-6H2,1-3H3/t7?,8-,9+/m0/s1. The average Bonchev–Trinajstić information content (AvgIpc) is 1.85. The fraction of sp³-hybridized carbons (Fsp3) is 1.00. The maximum atomic E-state index is 5.71. The molecule has 0 amide bonds. The maximum Gasteiger partial charge on any atom is 0.0578 e. The van der Waals surface area contributed by atoms with Crippen LogP contribution in [0, 0.1) is 5.92 Å². The minimum atomic E-state index is 0.494. The predicted molar refractivity (Wildman–Crippen MR) is 43.0 cm³/mol. The molecule has 1 aliphatic heterocycles. The van der Waals surface area contributed by atoms with Crippen LogP contribution in [0.3, 0.4) is 0 Å². The van der Waals surface area contributed by atoms with Gasteiger partial charge in [-0.2, -0.15) is 0 Å². The molecule has 1 rings (SSSR count). The second kappa shape index (κ2) is 3.38. The molecule has 0 bridgehead atoms. The van der Waals surface area contributed by atoms with Crippen molar-refractivity contribution in [3.8, 4) is 0 Å². The third kappa shape index (κ3) is 1.98. The summed E-state index contributed by atoms with van der Waals surface area (Å²) in [5.41, 5.74) is 0. The zero-order valence-electron chi connectivity index (χ0n) is 7.26. The van der Waals surface area contributed by atoms with Crippen molar-refractivity contribution in [2.45, 2.75) is 52.2 Å². The molecule has 1 nitrogen and oxygen atoms in total. The molecule has 0 aromatic heterocycles. The van der Waals surface area contributed by atoms with Gasteiger partial charge in [-0.3, -0.25) is 0 Å². The summed E-state index contributed by atoms with van der Waals surface area (Å²) < 4.78 is 5.71. The third-order valence-corrected chi connectivity index (χ3v) is 2.28. The molecule has 60 valence electrons. The lowest BCUT2D eigenvalue weighted by atomic mass is 9.93. The molecular formula is C9H18O. The van der Waals surface area contributed by atoms with Crippen LogP contribution >= 0.6 is 0 Å². The lowest BCUT2D eigenvalue weighted by Crippen LogP contribution is -2.29. The van der Waals surface area contributed by atoms with Gasteiger partial charge in [0.2, 0.25) is 0 Å². The molecule has 0 aliphatic carbocycles. The Kier molecular flexibility index (Phi) is 2.72. The van der Waals surface area contributed by atoms with Crippen molar-refractivity contribution >= 4 is 0 Å². The maximum absolute atomic E-state index is 5.71. The summed E-state index contributed by atoms with van der Waals surface area (Å²) in [5, 5.41) is 0. The molecule has 0 aromatic carbocycles. The molecule has 0 saturated carbocycles. The first kappa shape index (κ1) is 8.06. The smallest absolute Gasteiger partial charge is 0.0578 e. The molecule has 1 aliphatic rings. The minimum Gasteiger partial charge on any atom is -0.375 e. The topological polar surface area (TPSA) is 9.23 Å². The first-order chi connectivity index (χ1) is 4.72. The highest BCUT2D eigenvalue weighted by atomic mass is 16.5. The number of ether oxygens (including phenoxy) is 1. The highest BCUT2D eigenvalue weighted by molar-refractivity contribution is 4.71. The van der Waals surface area contributed by atoms with Crippen molar-refractivity contribution < 1.29 is 4.74 Å². The molecule has 1 fully saturated rings. The van der Waals surface area contributed by atoms with Crippen molar-refractivity contribution in [3.63, 3.8) is 0 Å². The summed E-state index contributed by atoms with van der Waals surface area (Å²) in [6.45, 7) is 6.70. The van der Waals surface area contributed by atoms with E-state index in [-0.39, 0.29) is 0 Å². The van der Waals surface area contributed by atoms with Gasteiger partial charge in [0.15, 0.2) is 0 Å². The van der Waals surface area contributed by atoms with Gasteiger partial charge in [0.05, 0.1) is 12.2 Å². The van der Waals surface area contributed by atoms with E-state index in [4.69, 9.17) is 4.74 Å². The van der Waals surface area contributed by atoms with E-state index in [1.165, 1.54) is 19.3 Å². The molecule has 3 atom stereocenters. The Labute approximate surface area is 63.8 Å². The van der Waals surface area contributed by atoms with Crippen LogP contribution < -0.4 is 0 Å². The van der Waals surface area contributed by atoms with Gasteiger partial charge < -0.3 is 4.74 Å². The first-order valence-corrected chi connectivity index (χ1v) is 4.37. The van der Waals surface area contributed by atoms with Gasteiger partial charge in [-0.25, -0.2) is 0 Å². The number of hydrogen-bond acceptors (Lipinski definition) is 1. The summed E-state index contributed by atoms with van der Waals surface area (Å²) in [5.74, 6) is 0.869. The molecule has 0 aromatic rings. The van der Waals surface area contributed by atoms with Crippen LogP contribution in [0.5, 0.6) is 0 Å². The number of rotatable bonds is 1. The largest absolute Gasteiger partial charge is 0.375 e. The zero-order valence-corrected chi connectivity index (χ0v) is 7.26. The van der Waals surface area contributed by atoms with Crippen LogP contribution in [-0.4, -0.2) is 12.2 Å². The lowest BCUT2D eigenvalue weighted by Gasteiger charge is -2.31. The molecular weight excluding hydrogens is 124 g/mol. The molecule has 0 radical (unpaired) electrons.